The molecule has 0 saturated heterocycles. The minimum absolute atomic E-state index is 0.831. The maximum absolute atomic E-state index is 8.02. The van der Waals surface area contributed by atoms with Crippen molar-refractivity contribution < 1.29 is 14.6 Å². The molecule has 0 heterocycles. The number of nitrogens with one attached hydrogen (secondary N) is 1. The predicted octanol–water partition coefficient (Wildman–Crippen LogP) is 3.86. The second kappa shape index (κ2) is 6.27. The Labute approximate surface area is 103 Å². The van der Waals surface area contributed by atoms with E-state index in [-0.39, 0.29) is 0 Å². The number of rotatable bonds is 5. The van der Waals surface area contributed by atoms with Crippen molar-refractivity contribution >= 4 is 23.4 Å². The second-order valence-electron chi connectivity index (χ2n) is 3.24. The van der Waals surface area contributed by atoms with Crippen molar-refractivity contribution in [2.75, 3.05) is 5.32 Å². The summed E-state index contributed by atoms with van der Waals surface area (Å²) in [6.07, 6.45) is 0. The van der Waals surface area contributed by atoms with E-state index in [2.05, 4.69) is 14.7 Å². The van der Waals surface area contributed by atoms with E-state index in [1.54, 1.807) is 0 Å². The number of hydrogen-bond donors (Lipinski definition) is 2. The van der Waals surface area contributed by atoms with E-state index >= 15 is 0 Å². The van der Waals surface area contributed by atoms with Gasteiger partial charge in [-0.1, -0.05) is 23.2 Å². The zero-order valence-electron chi connectivity index (χ0n) is 8.87. The van der Waals surface area contributed by atoms with Gasteiger partial charge in [-0.25, -0.2) is 5.26 Å². The highest BCUT2D eigenvalue weighted by molar-refractivity contribution is 7.94. The van der Waals surface area contributed by atoms with E-state index < -0.39 is 0 Å². The van der Waals surface area contributed by atoms with Crippen LogP contribution in [-0.4, -0.2) is 5.26 Å². The van der Waals surface area contributed by atoms with E-state index in [0.717, 1.165) is 28.3 Å². The van der Waals surface area contributed by atoms with Gasteiger partial charge in [-0.3, -0.25) is 0 Å². The van der Waals surface area contributed by atoms with Crippen LogP contribution in [0.5, 0.6) is 0 Å². The van der Waals surface area contributed by atoms with Gasteiger partial charge in [0.1, 0.15) is 0 Å². The summed E-state index contributed by atoms with van der Waals surface area (Å²) in [6.45, 7) is 0. The van der Waals surface area contributed by atoms with E-state index in [9.17, 15) is 0 Å². The SMILES string of the molecule is OOOSc1ccc(Nc2ccccc2)cc1. The summed E-state index contributed by atoms with van der Waals surface area (Å²) in [5.41, 5.74) is 2.01. The summed E-state index contributed by atoms with van der Waals surface area (Å²) < 4.78 is 4.33. The average molecular weight is 249 g/mol. The van der Waals surface area contributed by atoms with Crippen molar-refractivity contribution in [3.8, 4) is 0 Å². The summed E-state index contributed by atoms with van der Waals surface area (Å²) in [6, 6.07) is 17.4. The van der Waals surface area contributed by atoms with Crippen LogP contribution >= 0.6 is 12.0 Å². The van der Waals surface area contributed by atoms with Crippen LogP contribution in [0.2, 0.25) is 0 Å². The first-order valence-corrected chi connectivity index (χ1v) is 5.69. The average Bonchev–Trinajstić information content (AvgIpc) is 2.39. The highest BCUT2D eigenvalue weighted by Gasteiger charge is 1.97. The van der Waals surface area contributed by atoms with Gasteiger partial charge in [0.15, 0.2) is 0 Å². The van der Waals surface area contributed by atoms with Gasteiger partial charge in [-0.05, 0) is 36.4 Å². The molecular formula is C12H11NO3S. The molecule has 4 nitrogen and oxygen atoms in total. The molecule has 0 bridgehead atoms. The lowest BCUT2D eigenvalue weighted by Crippen LogP contribution is -1.89. The van der Waals surface area contributed by atoms with Crippen molar-refractivity contribution in [1.29, 1.82) is 0 Å². The molecule has 0 aliphatic heterocycles. The summed E-state index contributed by atoms with van der Waals surface area (Å²) in [4.78, 5) is 0.831. The molecule has 0 amide bonds. The molecule has 0 atom stereocenters. The molecule has 0 spiro atoms. The maximum atomic E-state index is 8.02. The molecular weight excluding hydrogens is 238 g/mol. The monoisotopic (exact) mass is 249 g/mol. The number of hydrogen-bond acceptors (Lipinski definition) is 5. The van der Waals surface area contributed by atoms with E-state index in [1.165, 1.54) is 0 Å². The van der Waals surface area contributed by atoms with Crippen molar-refractivity contribution in [3.05, 3.63) is 54.6 Å². The van der Waals surface area contributed by atoms with Crippen molar-refractivity contribution in [2.45, 2.75) is 4.90 Å². The van der Waals surface area contributed by atoms with Crippen LogP contribution in [0.1, 0.15) is 0 Å². The lowest BCUT2D eigenvalue weighted by atomic mass is 10.3. The molecule has 2 aromatic rings. The number of para-hydroxylation sites is 1. The molecule has 0 fully saturated rings. The molecule has 0 radical (unpaired) electrons. The van der Waals surface area contributed by atoms with Crippen LogP contribution in [0.3, 0.4) is 0 Å². The molecule has 0 saturated carbocycles. The normalized spacial score (nSPS) is 10.2. The fourth-order valence-electron chi connectivity index (χ4n) is 1.34. The lowest BCUT2D eigenvalue weighted by Gasteiger charge is -2.06. The van der Waals surface area contributed by atoms with Gasteiger partial charge in [0, 0.05) is 16.3 Å². The van der Waals surface area contributed by atoms with Gasteiger partial charge >= 0.3 is 0 Å². The largest absolute Gasteiger partial charge is 0.356 e. The first-order chi connectivity index (χ1) is 8.38. The second-order valence-corrected chi connectivity index (χ2v) is 4.02. The van der Waals surface area contributed by atoms with Gasteiger partial charge in [-0.2, -0.15) is 0 Å². The Bertz CT molecular complexity index is 447. The summed E-state index contributed by atoms with van der Waals surface area (Å²) >= 11 is 0.935. The van der Waals surface area contributed by atoms with Crippen LogP contribution in [0.4, 0.5) is 11.4 Å². The van der Waals surface area contributed by atoms with Crippen LogP contribution in [0, 0.1) is 0 Å². The third-order valence-electron chi connectivity index (χ3n) is 2.08. The standard InChI is InChI=1S/C12H11NO3S/c14-15-16-17-12-8-6-11(7-9-12)13-10-4-2-1-3-5-10/h1-9,13-14H. The third-order valence-corrected chi connectivity index (χ3v) is 2.67. The molecule has 0 aliphatic carbocycles. The lowest BCUT2D eigenvalue weighted by molar-refractivity contribution is -0.432. The Hall–Kier alpha value is -1.53. The maximum Gasteiger partial charge on any atom is 0.0714 e. The van der Waals surface area contributed by atoms with E-state index in [4.69, 9.17) is 5.26 Å². The smallest absolute Gasteiger partial charge is 0.0714 e. The zero-order valence-corrected chi connectivity index (χ0v) is 9.68. The Balaban J connectivity index is 1.98. The quantitative estimate of drug-likeness (QED) is 0.478. The fourth-order valence-corrected chi connectivity index (χ4v) is 1.69. The third kappa shape index (κ3) is 3.76. The van der Waals surface area contributed by atoms with Crippen molar-refractivity contribution in [1.82, 2.24) is 0 Å². The molecule has 0 unspecified atom stereocenters. The summed E-state index contributed by atoms with van der Waals surface area (Å²) in [5, 5.41) is 14.8. The van der Waals surface area contributed by atoms with Crippen molar-refractivity contribution in [2.24, 2.45) is 0 Å². The first-order valence-electron chi connectivity index (χ1n) is 4.95. The molecule has 17 heavy (non-hydrogen) atoms. The van der Waals surface area contributed by atoms with Gasteiger partial charge in [0.05, 0.1) is 12.0 Å². The van der Waals surface area contributed by atoms with Crippen molar-refractivity contribution in [3.63, 3.8) is 0 Å². The molecule has 5 heteroatoms. The topological polar surface area (TPSA) is 50.7 Å². The fraction of sp³-hybridized carbons (Fsp3) is 0. The van der Waals surface area contributed by atoms with Crippen LogP contribution in [0.25, 0.3) is 0 Å². The van der Waals surface area contributed by atoms with Crippen LogP contribution < -0.4 is 5.32 Å². The Morgan fingerprint density at radius 1 is 0.882 bits per heavy atom. The molecule has 2 aromatic carbocycles. The zero-order chi connectivity index (χ0) is 11.9. The number of anilines is 2. The number of benzene rings is 2. The van der Waals surface area contributed by atoms with Crippen LogP contribution in [-0.2, 0) is 9.37 Å². The highest BCUT2D eigenvalue weighted by Crippen LogP contribution is 2.22. The first kappa shape index (κ1) is 11.9. The van der Waals surface area contributed by atoms with E-state index in [0.29, 0.717) is 0 Å². The predicted molar refractivity (Wildman–Crippen MR) is 66.8 cm³/mol. The minimum atomic E-state index is 0.831. The van der Waals surface area contributed by atoms with Crippen LogP contribution in [0.15, 0.2) is 59.5 Å². The molecule has 0 aliphatic rings. The Morgan fingerprint density at radius 3 is 2.18 bits per heavy atom. The van der Waals surface area contributed by atoms with Gasteiger partial charge in [-0.15, -0.1) is 4.33 Å². The van der Waals surface area contributed by atoms with Gasteiger partial charge in [0.2, 0.25) is 0 Å². The Morgan fingerprint density at radius 2 is 1.53 bits per heavy atom. The van der Waals surface area contributed by atoms with E-state index in [1.807, 2.05) is 54.6 Å². The van der Waals surface area contributed by atoms with Gasteiger partial charge < -0.3 is 5.32 Å². The summed E-state index contributed by atoms with van der Waals surface area (Å²) in [5.74, 6) is 0. The summed E-state index contributed by atoms with van der Waals surface area (Å²) in [7, 11) is 0. The molecule has 2 N–H and O–H groups in total. The highest BCUT2D eigenvalue weighted by atomic mass is 32.2. The Kier molecular flexibility index (Phi) is 4.40. The molecule has 88 valence electrons. The van der Waals surface area contributed by atoms with Gasteiger partial charge in [0.25, 0.3) is 0 Å². The molecule has 2 rings (SSSR count). The molecule has 0 aromatic heterocycles. The minimum Gasteiger partial charge on any atom is -0.356 e.